The third kappa shape index (κ3) is 6.59. The van der Waals surface area contributed by atoms with Gasteiger partial charge in [-0.05, 0) is 32.0 Å². The topological polar surface area (TPSA) is 62.3 Å². The lowest BCUT2D eigenvalue weighted by molar-refractivity contribution is 0.180. The second-order valence-corrected chi connectivity index (χ2v) is 5.63. The number of hydrogen-bond donors (Lipinski definition) is 2. The van der Waals surface area contributed by atoms with E-state index >= 15 is 0 Å². The monoisotopic (exact) mass is 327 g/mol. The van der Waals surface area contributed by atoms with Gasteiger partial charge in [0, 0.05) is 30.0 Å². The van der Waals surface area contributed by atoms with Crippen LogP contribution in [0.25, 0.3) is 0 Å². The molecule has 0 bridgehead atoms. The van der Waals surface area contributed by atoms with Gasteiger partial charge in [-0.1, -0.05) is 22.0 Å². The van der Waals surface area contributed by atoms with Crippen molar-refractivity contribution in [2.45, 2.75) is 26.3 Å². The van der Waals surface area contributed by atoms with Crippen molar-refractivity contribution in [3.8, 4) is 5.75 Å². The zero-order chi connectivity index (χ0) is 14.3. The van der Waals surface area contributed by atoms with Gasteiger partial charge < -0.3 is 10.5 Å². The average Bonchev–Trinajstić information content (AvgIpc) is 2.32. The van der Waals surface area contributed by atoms with Crippen LogP contribution in [0, 0.1) is 5.41 Å². The van der Waals surface area contributed by atoms with Gasteiger partial charge in [-0.15, -0.1) is 0 Å². The molecule has 5 heteroatoms. The minimum Gasteiger partial charge on any atom is -0.492 e. The minimum absolute atomic E-state index is 0.235. The van der Waals surface area contributed by atoms with E-state index in [0.29, 0.717) is 19.1 Å². The number of benzene rings is 1. The largest absolute Gasteiger partial charge is 0.492 e. The van der Waals surface area contributed by atoms with Gasteiger partial charge in [0.15, 0.2) is 0 Å². The molecule has 0 saturated carbocycles. The number of nitrogens with one attached hydrogen (secondary N) is 1. The lowest BCUT2D eigenvalue weighted by atomic mass is 10.2. The molecular weight excluding hydrogens is 306 g/mol. The molecule has 0 aliphatic carbocycles. The third-order valence-corrected chi connectivity index (χ3v) is 3.34. The summed E-state index contributed by atoms with van der Waals surface area (Å²) in [6, 6.07) is 8.25. The Morgan fingerprint density at radius 1 is 1.42 bits per heavy atom. The van der Waals surface area contributed by atoms with E-state index in [1.54, 1.807) is 0 Å². The van der Waals surface area contributed by atoms with Crippen molar-refractivity contribution in [2.24, 2.45) is 5.73 Å². The first-order chi connectivity index (χ1) is 8.99. The number of nitrogens with two attached hydrogens (primary N) is 1. The Morgan fingerprint density at radius 2 is 2.16 bits per heavy atom. The number of halogens is 1. The molecule has 0 saturated heterocycles. The number of rotatable bonds is 8. The van der Waals surface area contributed by atoms with Crippen LogP contribution in [0.2, 0.25) is 0 Å². The Kier molecular flexibility index (Phi) is 6.87. The maximum atomic E-state index is 7.28. The van der Waals surface area contributed by atoms with Crippen molar-refractivity contribution in [2.75, 3.05) is 19.7 Å². The zero-order valence-corrected chi connectivity index (χ0v) is 13.1. The van der Waals surface area contributed by atoms with Crippen LogP contribution in [0.4, 0.5) is 0 Å². The van der Waals surface area contributed by atoms with E-state index in [9.17, 15) is 0 Å². The molecule has 0 aliphatic heterocycles. The van der Waals surface area contributed by atoms with Crippen LogP contribution in [0.15, 0.2) is 28.7 Å². The van der Waals surface area contributed by atoms with Crippen LogP contribution in [-0.4, -0.2) is 36.5 Å². The average molecular weight is 328 g/mol. The molecule has 106 valence electrons. The Balaban J connectivity index is 2.37. The quantitative estimate of drug-likeness (QED) is 0.570. The van der Waals surface area contributed by atoms with E-state index in [4.69, 9.17) is 15.9 Å². The highest BCUT2D eigenvalue weighted by atomic mass is 79.9. The molecular formula is C14H22BrN3O. The van der Waals surface area contributed by atoms with E-state index < -0.39 is 0 Å². The molecule has 19 heavy (non-hydrogen) atoms. The van der Waals surface area contributed by atoms with E-state index in [2.05, 4.69) is 34.7 Å². The van der Waals surface area contributed by atoms with Crippen molar-refractivity contribution < 1.29 is 4.74 Å². The van der Waals surface area contributed by atoms with Crippen molar-refractivity contribution in [1.82, 2.24) is 4.90 Å². The Morgan fingerprint density at radius 3 is 2.74 bits per heavy atom. The van der Waals surface area contributed by atoms with Crippen LogP contribution in [0.3, 0.4) is 0 Å². The van der Waals surface area contributed by atoms with Crippen LogP contribution in [0.1, 0.15) is 20.3 Å². The first-order valence-corrected chi connectivity index (χ1v) is 7.23. The maximum absolute atomic E-state index is 7.28. The van der Waals surface area contributed by atoms with Crippen LogP contribution < -0.4 is 10.5 Å². The van der Waals surface area contributed by atoms with E-state index in [0.717, 1.165) is 23.3 Å². The first-order valence-electron chi connectivity index (χ1n) is 6.44. The Hall–Kier alpha value is -1.07. The molecule has 1 aromatic rings. The van der Waals surface area contributed by atoms with Crippen molar-refractivity contribution in [3.05, 3.63) is 28.7 Å². The molecule has 0 spiro atoms. The van der Waals surface area contributed by atoms with Crippen molar-refractivity contribution >= 4 is 21.8 Å². The number of nitrogens with zero attached hydrogens (tertiary/aromatic N) is 1. The molecule has 0 amide bonds. The second kappa shape index (κ2) is 8.17. The molecule has 0 radical (unpaired) electrons. The molecule has 0 aromatic heterocycles. The van der Waals surface area contributed by atoms with Crippen molar-refractivity contribution in [1.29, 1.82) is 5.41 Å². The molecule has 4 nitrogen and oxygen atoms in total. The smallest absolute Gasteiger partial charge is 0.120 e. The highest BCUT2D eigenvalue weighted by molar-refractivity contribution is 9.10. The molecule has 0 aliphatic rings. The van der Waals surface area contributed by atoms with Gasteiger partial charge in [0.25, 0.3) is 0 Å². The van der Waals surface area contributed by atoms with Crippen LogP contribution in [-0.2, 0) is 0 Å². The predicted octanol–water partition coefficient (Wildman–Crippen LogP) is 2.86. The summed E-state index contributed by atoms with van der Waals surface area (Å²) in [5, 5.41) is 7.28. The minimum atomic E-state index is 0.235. The van der Waals surface area contributed by atoms with Gasteiger partial charge in [-0.25, -0.2) is 0 Å². The summed E-state index contributed by atoms with van der Waals surface area (Å²) >= 11 is 3.42. The fraction of sp³-hybridized carbons (Fsp3) is 0.500. The lowest BCUT2D eigenvalue weighted by Gasteiger charge is -2.26. The lowest BCUT2D eigenvalue weighted by Crippen LogP contribution is -2.36. The molecule has 1 aromatic carbocycles. The summed E-state index contributed by atoms with van der Waals surface area (Å²) in [4.78, 5) is 2.26. The summed E-state index contributed by atoms with van der Waals surface area (Å²) in [7, 11) is 0. The highest BCUT2D eigenvalue weighted by Crippen LogP contribution is 2.17. The number of hydrogen-bond acceptors (Lipinski definition) is 3. The molecule has 3 N–H and O–H groups in total. The van der Waals surface area contributed by atoms with Crippen LogP contribution in [0.5, 0.6) is 5.75 Å². The summed E-state index contributed by atoms with van der Waals surface area (Å²) in [6.45, 7) is 6.54. The van der Waals surface area contributed by atoms with Crippen molar-refractivity contribution in [3.63, 3.8) is 0 Å². The van der Waals surface area contributed by atoms with Gasteiger partial charge in [-0.3, -0.25) is 10.3 Å². The summed E-state index contributed by atoms with van der Waals surface area (Å²) in [5.41, 5.74) is 5.40. The summed E-state index contributed by atoms with van der Waals surface area (Å²) < 4.78 is 6.73. The van der Waals surface area contributed by atoms with Gasteiger partial charge in [0.2, 0.25) is 0 Å². The summed E-state index contributed by atoms with van der Waals surface area (Å²) in [6.07, 6.45) is 0.606. The molecule has 0 heterocycles. The standard InChI is InChI=1S/C14H22BrN3O/c1-11(2)18(7-6-14(16)17)8-9-19-13-5-3-4-12(15)10-13/h3-5,10-11H,6-9H2,1-2H3,(H3,16,17). The van der Waals surface area contributed by atoms with Gasteiger partial charge in [0.05, 0.1) is 5.84 Å². The normalized spacial score (nSPS) is 11.0. The molecule has 0 atom stereocenters. The fourth-order valence-electron chi connectivity index (χ4n) is 1.73. The van der Waals surface area contributed by atoms with Crippen LogP contribution >= 0.6 is 15.9 Å². The number of ether oxygens (including phenoxy) is 1. The predicted molar refractivity (Wildman–Crippen MR) is 82.9 cm³/mol. The maximum Gasteiger partial charge on any atom is 0.120 e. The molecule has 1 rings (SSSR count). The Labute approximate surface area is 123 Å². The summed E-state index contributed by atoms with van der Waals surface area (Å²) in [5.74, 6) is 1.10. The fourth-order valence-corrected chi connectivity index (χ4v) is 2.11. The first kappa shape index (κ1) is 16.0. The van der Waals surface area contributed by atoms with Gasteiger partial charge in [0.1, 0.15) is 12.4 Å². The SMILES string of the molecule is CC(C)N(CCOc1cccc(Br)c1)CCC(=N)N. The van der Waals surface area contributed by atoms with E-state index in [1.807, 2.05) is 24.3 Å². The van der Waals surface area contributed by atoms with E-state index in [1.165, 1.54) is 0 Å². The Bertz CT molecular complexity index is 409. The molecule has 0 fully saturated rings. The third-order valence-electron chi connectivity index (χ3n) is 2.84. The van der Waals surface area contributed by atoms with Gasteiger partial charge in [-0.2, -0.15) is 0 Å². The highest BCUT2D eigenvalue weighted by Gasteiger charge is 2.09. The second-order valence-electron chi connectivity index (χ2n) is 4.71. The molecule has 0 unspecified atom stereocenters. The van der Waals surface area contributed by atoms with E-state index in [-0.39, 0.29) is 5.84 Å². The number of amidine groups is 1. The zero-order valence-electron chi connectivity index (χ0n) is 11.5. The van der Waals surface area contributed by atoms with Gasteiger partial charge >= 0.3 is 0 Å².